The fraction of sp³-hybridized carbons (Fsp3) is 0.917. The molecule has 6 atom stereocenters. The van der Waals surface area contributed by atoms with E-state index in [1.165, 1.54) is 0 Å². The highest BCUT2D eigenvalue weighted by Crippen LogP contribution is 2.46. The molecular weight excluding hydrogens is 328 g/mol. The molecule has 23 heavy (non-hydrogen) atoms. The van der Waals surface area contributed by atoms with Crippen LogP contribution >= 0.6 is 0 Å². The van der Waals surface area contributed by atoms with Gasteiger partial charge in [-0.1, -0.05) is 0 Å². The number of hydrogen-bond donors (Lipinski definition) is 5. The van der Waals surface area contributed by atoms with Crippen molar-refractivity contribution in [3.05, 3.63) is 0 Å². The molecule has 3 fully saturated rings. The smallest absolute Gasteiger partial charge is 0.325 e. The molecule has 6 N–H and O–H groups in total. The molecule has 3 aliphatic rings. The number of piperidine rings is 1. The van der Waals surface area contributed by atoms with Crippen molar-refractivity contribution in [2.45, 2.75) is 49.9 Å². The van der Waals surface area contributed by atoms with Crippen molar-refractivity contribution in [1.29, 1.82) is 0 Å². The lowest BCUT2D eigenvalue weighted by Gasteiger charge is -2.28. The molecule has 1 aliphatic heterocycles. The molecule has 132 valence electrons. The van der Waals surface area contributed by atoms with Crippen LogP contribution in [0.15, 0.2) is 0 Å². The van der Waals surface area contributed by atoms with Crippen LogP contribution in [-0.2, 0) is 24.3 Å². The zero-order valence-corrected chi connectivity index (χ0v) is 13.3. The van der Waals surface area contributed by atoms with E-state index in [2.05, 4.69) is 20.6 Å². The minimum Gasteiger partial charge on any atom is -0.325 e. The third-order valence-electron chi connectivity index (χ3n) is 4.80. The van der Waals surface area contributed by atoms with Crippen LogP contribution in [0.1, 0.15) is 25.7 Å². The molecule has 0 bridgehead atoms. The summed E-state index contributed by atoms with van der Waals surface area (Å²) in [6.45, 7) is 0.345. The Balaban J connectivity index is 1.44. The van der Waals surface area contributed by atoms with Gasteiger partial charge in [-0.15, -0.1) is 0 Å². The van der Waals surface area contributed by atoms with Gasteiger partial charge in [0, 0.05) is 18.6 Å². The van der Waals surface area contributed by atoms with Crippen LogP contribution in [-0.4, -0.2) is 49.7 Å². The largest absolute Gasteiger partial charge is 0.413 e. The topological polar surface area (TPSA) is 152 Å². The van der Waals surface area contributed by atoms with E-state index in [1.54, 1.807) is 0 Å². The Labute approximate surface area is 134 Å². The van der Waals surface area contributed by atoms with Gasteiger partial charge < -0.3 is 11.1 Å². The molecule has 0 aromatic rings. The maximum absolute atomic E-state index is 12.2. The van der Waals surface area contributed by atoms with Gasteiger partial charge in [-0.3, -0.25) is 14.2 Å². The number of carbonyl (C=O) groups is 1. The van der Waals surface area contributed by atoms with E-state index in [0.717, 1.165) is 25.7 Å². The molecule has 1 amide bonds. The number of rotatable bonds is 6. The number of nitrogens with two attached hydrogens (primary N) is 1. The Bertz CT molecular complexity index is 558. The first kappa shape index (κ1) is 17.0. The summed E-state index contributed by atoms with van der Waals surface area (Å²) in [7, 11) is -4.53. The highest BCUT2D eigenvalue weighted by atomic mass is 32.3. The fourth-order valence-corrected chi connectivity index (χ4v) is 3.72. The Morgan fingerprint density at radius 2 is 2.09 bits per heavy atom. The van der Waals surface area contributed by atoms with E-state index in [9.17, 15) is 13.2 Å². The molecular formula is C12H22N4O6S. The molecule has 10 nitrogen and oxygen atoms in total. The summed E-state index contributed by atoms with van der Waals surface area (Å²) in [6, 6.07) is -0.717. The number of hydrogen-bond acceptors (Lipinski definition) is 8. The summed E-state index contributed by atoms with van der Waals surface area (Å²) in [5, 5.41) is 3.04. The van der Waals surface area contributed by atoms with Gasteiger partial charge in [0.2, 0.25) is 0 Å². The zero-order valence-electron chi connectivity index (χ0n) is 12.5. The van der Waals surface area contributed by atoms with Crippen LogP contribution in [0.4, 0.5) is 0 Å². The lowest BCUT2D eigenvalue weighted by atomic mass is 10.0. The van der Waals surface area contributed by atoms with Crippen LogP contribution < -0.4 is 22.0 Å². The first-order chi connectivity index (χ1) is 10.8. The predicted octanol–water partition coefficient (Wildman–Crippen LogP) is -1.79. The number of hydroxylamine groups is 2. The molecule has 1 saturated heterocycles. The monoisotopic (exact) mass is 350 g/mol. The average Bonchev–Trinajstić information content (AvgIpc) is 3.18. The predicted molar refractivity (Wildman–Crippen MR) is 77.8 cm³/mol. The Hall–Kier alpha value is -0.820. The maximum Gasteiger partial charge on any atom is 0.413 e. The van der Waals surface area contributed by atoms with Crippen LogP contribution in [0.3, 0.4) is 0 Å². The van der Waals surface area contributed by atoms with Gasteiger partial charge in [0.1, 0.15) is 6.10 Å². The van der Waals surface area contributed by atoms with Crippen LogP contribution in [0.25, 0.3) is 0 Å². The summed E-state index contributed by atoms with van der Waals surface area (Å²) in [6.07, 6.45) is 3.35. The third kappa shape index (κ3) is 4.18. The van der Waals surface area contributed by atoms with Gasteiger partial charge in [0.25, 0.3) is 5.91 Å². The lowest BCUT2D eigenvalue weighted by Crippen LogP contribution is -2.56. The van der Waals surface area contributed by atoms with Crippen LogP contribution in [0.2, 0.25) is 0 Å². The fourth-order valence-electron chi connectivity index (χ4n) is 3.48. The number of amides is 1. The summed E-state index contributed by atoms with van der Waals surface area (Å²) in [5.74, 6) is -0.0552. The second-order valence-electron chi connectivity index (χ2n) is 6.40. The molecule has 4 unspecified atom stereocenters. The molecule has 0 spiro atoms. The molecule has 0 aromatic heterocycles. The molecule has 1 heterocycles. The Morgan fingerprint density at radius 3 is 2.74 bits per heavy atom. The van der Waals surface area contributed by atoms with Crippen molar-refractivity contribution in [2.24, 2.45) is 17.6 Å². The molecule has 0 aromatic carbocycles. The van der Waals surface area contributed by atoms with E-state index < -0.39 is 10.4 Å². The van der Waals surface area contributed by atoms with Gasteiger partial charge in [-0.25, -0.2) is 5.48 Å². The summed E-state index contributed by atoms with van der Waals surface area (Å²) < 4.78 is 33.9. The standard InChI is InChI=1S/C12H22N4O6S/c13-8-2-1-3-10(8)21-16-12(17)11-7-4-6(7)9(5-14-11)15-22-23(18,19)20/h6-11,14-15H,1-5,13H2,(H,16,17)(H,18,19,20)/t6?,7?,8?,9-,10?,11-/m0/s1. The van der Waals surface area contributed by atoms with Crippen molar-refractivity contribution >= 4 is 16.3 Å². The number of fused-ring (bicyclic) bond motifs is 1. The molecule has 11 heteroatoms. The quantitative estimate of drug-likeness (QED) is 0.276. The van der Waals surface area contributed by atoms with Crippen LogP contribution in [0.5, 0.6) is 0 Å². The minimum absolute atomic E-state index is 0.0468. The summed E-state index contributed by atoms with van der Waals surface area (Å²) in [5.41, 5.74) is 10.7. The van der Waals surface area contributed by atoms with Gasteiger partial charge in [-0.2, -0.15) is 18.2 Å². The normalized spacial score (nSPS) is 39.7. The Kier molecular flexibility index (Phi) is 4.88. The van der Waals surface area contributed by atoms with E-state index in [-0.39, 0.29) is 42.0 Å². The maximum atomic E-state index is 12.2. The van der Waals surface area contributed by atoms with Gasteiger partial charge in [0.15, 0.2) is 0 Å². The van der Waals surface area contributed by atoms with E-state index >= 15 is 0 Å². The summed E-state index contributed by atoms with van der Waals surface area (Å²) >= 11 is 0. The highest BCUT2D eigenvalue weighted by Gasteiger charge is 2.53. The third-order valence-corrected chi connectivity index (χ3v) is 5.10. The van der Waals surface area contributed by atoms with Crippen LogP contribution in [0, 0.1) is 11.8 Å². The highest BCUT2D eigenvalue weighted by molar-refractivity contribution is 7.80. The molecule has 0 radical (unpaired) electrons. The second kappa shape index (κ2) is 6.59. The number of nitrogens with one attached hydrogen (secondary N) is 3. The van der Waals surface area contributed by atoms with Crippen molar-refractivity contribution < 1.29 is 26.9 Å². The van der Waals surface area contributed by atoms with Gasteiger partial charge in [0.05, 0.1) is 6.04 Å². The molecule has 3 rings (SSSR count). The Morgan fingerprint density at radius 1 is 1.30 bits per heavy atom. The van der Waals surface area contributed by atoms with E-state index in [4.69, 9.17) is 15.1 Å². The molecule has 2 aliphatic carbocycles. The average molecular weight is 350 g/mol. The zero-order chi connectivity index (χ0) is 16.6. The second-order valence-corrected chi connectivity index (χ2v) is 7.42. The van der Waals surface area contributed by atoms with E-state index in [1.807, 2.05) is 0 Å². The number of carbonyl (C=O) groups excluding carboxylic acids is 1. The summed E-state index contributed by atoms with van der Waals surface area (Å²) in [4.78, 5) is 17.6. The minimum atomic E-state index is -4.53. The van der Waals surface area contributed by atoms with Crippen molar-refractivity contribution in [3.63, 3.8) is 0 Å². The van der Waals surface area contributed by atoms with Crippen molar-refractivity contribution in [3.8, 4) is 0 Å². The van der Waals surface area contributed by atoms with Crippen molar-refractivity contribution in [1.82, 2.24) is 16.3 Å². The van der Waals surface area contributed by atoms with Crippen molar-refractivity contribution in [2.75, 3.05) is 6.54 Å². The molecule has 2 saturated carbocycles. The lowest BCUT2D eigenvalue weighted by molar-refractivity contribution is -0.142. The SMILES string of the molecule is NC1CCCC1ONC(=O)[C@H]1NC[C@H](NOS(=O)(=O)O)C2CC21. The van der Waals surface area contributed by atoms with Gasteiger partial charge >= 0.3 is 10.4 Å². The van der Waals surface area contributed by atoms with E-state index in [0.29, 0.717) is 6.54 Å². The first-order valence-electron chi connectivity index (χ1n) is 7.71. The first-order valence-corrected chi connectivity index (χ1v) is 9.07. The van der Waals surface area contributed by atoms with Gasteiger partial charge in [-0.05, 0) is 37.5 Å².